The fraction of sp³-hybridized carbons (Fsp3) is 0.412. The molecular weight excluding hydrogens is 276 g/mol. The number of rotatable bonds is 3. The van der Waals surface area contributed by atoms with E-state index in [1.807, 2.05) is 24.3 Å². The minimum absolute atomic E-state index is 0.0932. The molecule has 1 aromatic heterocycles. The van der Waals surface area contributed by atoms with E-state index in [4.69, 9.17) is 0 Å². The van der Waals surface area contributed by atoms with Crippen LogP contribution in [0.2, 0.25) is 0 Å². The fourth-order valence-corrected chi connectivity index (χ4v) is 3.05. The largest absolute Gasteiger partial charge is 0.509 e. The van der Waals surface area contributed by atoms with Crippen LogP contribution < -0.4 is 0 Å². The Balaban J connectivity index is 1.86. The molecule has 1 saturated heterocycles. The number of nitrogens with one attached hydrogen (secondary N) is 1. The third-order valence-electron chi connectivity index (χ3n) is 4.14. The van der Waals surface area contributed by atoms with Gasteiger partial charge in [0, 0.05) is 6.54 Å². The molecule has 1 aliphatic rings. The molecule has 1 aromatic carbocycles. The Hall–Kier alpha value is -2.32. The van der Waals surface area contributed by atoms with E-state index in [-0.39, 0.29) is 11.3 Å². The van der Waals surface area contributed by atoms with Gasteiger partial charge >= 0.3 is 0 Å². The highest BCUT2D eigenvalue weighted by atomic mass is 16.3. The molecule has 0 saturated carbocycles. The number of aromatic nitrogens is 2. The van der Waals surface area contributed by atoms with Crippen molar-refractivity contribution in [2.75, 3.05) is 19.6 Å². The van der Waals surface area contributed by atoms with Gasteiger partial charge in [-0.05, 0) is 37.4 Å². The molecule has 5 heteroatoms. The molecule has 0 aliphatic carbocycles. The topological polar surface area (TPSA) is 75.9 Å². The van der Waals surface area contributed by atoms with Crippen molar-refractivity contribution in [3.63, 3.8) is 0 Å². The number of para-hydroxylation sites is 2. The van der Waals surface area contributed by atoms with E-state index in [2.05, 4.69) is 27.9 Å². The molecule has 5 nitrogen and oxygen atoms in total. The first kappa shape index (κ1) is 14.6. The predicted octanol–water partition coefficient (Wildman–Crippen LogP) is 3.09. The molecule has 0 radical (unpaired) electrons. The van der Waals surface area contributed by atoms with Crippen LogP contribution in [0.3, 0.4) is 0 Å². The van der Waals surface area contributed by atoms with Gasteiger partial charge in [0.05, 0.1) is 17.6 Å². The molecule has 0 bridgehead atoms. The zero-order valence-corrected chi connectivity index (χ0v) is 12.7. The highest BCUT2D eigenvalue weighted by Gasteiger charge is 2.20. The third kappa shape index (κ3) is 2.97. The Morgan fingerprint density at radius 2 is 2.32 bits per heavy atom. The number of aromatic amines is 1. The normalized spacial score (nSPS) is 20.6. The van der Waals surface area contributed by atoms with E-state index >= 15 is 0 Å². The molecule has 2 N–H and O–H groups in total. The molecule has 0 amide bonds. The van der Waals surface area contributed by atoms with E-state index in [1.54, 1.807) is 0 Å². The summed E-state index contributed by atoms with van der Waals surface area (Å²) in [6.07, 6.45) is 2.37. The zero-order valence-electron chi connectivity index (χ0n) is 12.7. The molecule has 114 valence electrons. The summed E-state index contributed by atoms with van der Waals surface area (Å²) in [6.45, 7) is 4.55. The monoisotopic (exact) mass is 296 g/mol. The number of likely N-dealkylation sites (tertiary alicyclic amines) is 1. The summed E-state index contributed by atoms with van der Waals surface area (Å²) in [5.74, 6) is 1.17. The van der Waals surface area contributed by atoms with Crippen molar-refractivity contribution >= 4 is 16.6 Å². The predicted molar refractivity (Wildman–Crippen MR) is 86.1 cm³/mol. The maximum Gasteiger partial charge on any atom is 0.152 e. The lowest BCUT2D eigenvalue weighted by atomic mass is 10.00. The van der Waals surface area contributed by atoms with Gasteiger partial charge in [-0.2, -0.15) is 5.26 Å². The lowest BCUT2D eigenvalue weighted by molar-refractivity contribution is 0.177. The SMILES string of the molecule is CC1CCCN(C/C(O)=C(\C#N)c2nc3ccccc3[nH]2)C1. The summed E-state index contributed by atoms with van der Waals surface area (Å²) in [5, 5.41) is 19.8. The second-order valence-electron chi connectivity index (χ2n) is 6.02. The maximum atomic E-state index is 10.4. The molecule has 1 atom stereocenters. The van der Waals surface area contributed by atoms with Crippen LogP contribution in [0.5, 0.6) is 0 Å². The number of piperidine rings is 1. The summed E-state index contributed by atoms with van der Waals surface area (Å²) >= 11 is 0. The van der Waals surface area contributed by atoms with Gasteiger partial charge in [-0.15, -0.1) is 0 Å². The van der Waals surface area contributed by atoms with E-state index in [0.717, 1.165) is 30.5 Å². The van der Waals surface area contributed by atoms with Crippen molar-refractivity contribution in [2.24, 2.45) is 5.92 Å². The van der Waals surface area contributed by atoms with Crippen LogP contribution in [0.1, 0.15) is 25.6 Å². The number of hydrogen-bond acceptors (Lipinski definition) is 4. The maximum absolute atomic E-state index is 10.4. The Labute approximate surface area is 129 Å². The smallest absolute Gasteiger partial charge is 0.152 e. The summed E-state index contributed by atoms with van der Waals surface area (Å²) in [6, 6.07) is 9.69. The average Bonchev–Trinajstić information content (AvgIpc) is 2.91. The summed E-state index contributed by atoms with van der Waals surface area (Å²) in [7, 11) is 0. The first-order valence-corrected chi connectivity index (χ1v) is 7.67. The number of allylic oxidation sites excluding steroid dienone is 1. The van der Waals surface area contributed by atoms with E-state index in [9.17, 15) is 10.4 Å². The van der Waals surface area contributed by atoms with Crippen LogP contribution >= 0.6 is 0 Å². The number of imidazole rings is 1. The minimum Gasteiger partial charge on any atom is -0.509 e. The molecule has 2 heterocycles. The average molecular weight is 296 g/mol. The van der Waals surface area contributed by atoms with Crippen molar-refractivity contribution in [3.8, 4) is 6.07 Å². The van der Waals surface area contributed by atoms with Crippen molar-refractivity contribution in [1.29, 1.82) is 5.26 Å². The highest BCUT2D eigenvalue weighted by molar-refractivity contribution is 5.82. The number of fused-ring (bicyclic) bond motifs is 1. The quantitative estimate of drug-likeness (QED) is 0.674. The minimum atomic E-state index is 0.0932. The number of aliphatic hydroxyl groups is 1. The first-order valence-electron chi connectivity index (χ1n) is 7.67. The molecular formula is C17H20N4O. The Kier molecular flexibility index (Phi) is 4.12. The van der Waals surface area contributed by atoms with Gasteiger partial charge in [0.2, 0.25) is 0 Å². The molecule has 2 aromatic rings. The zero-order chi connectivity index (χ0) is 15.5. The van der Waals surface area contributed by atoms with E-state index in [0.29, 0.717) is 18.3 Å². The third-order valence-corrected chi connectivity index (χ3v) is 4.14. The molecule has 1 aliphatic heterocycles. The van der Waals surface area contributed by atoms with Gasteiger partial charge in [-0.25, -0.2) is 4.98 Å². The van der Waals surface area contributed by atoms with Crippen LogP contribution in [-0.4, -0.2) is 39.6 Å². The van der Waals surface area contributed by atoms with E-state index < -0.39 is 0 Å². The standard InChI is InChI=1S/C17H20N4O/c1-12-5-4-8-21(10-12)11-16(22)13(9-18)17-19-14-6-2-3-7-15(14)20-17/h2-3,6-7,12,22H,4-5,8,10-11H2,1H3,(H,19,20)/b16-13-. The number of nitriles is 1. The van der Waals surface area contributed by atoms with Crippen molar-refractivity contribution in [1.82, 2.24) is 14.9 Å². The van der Waals surface area contributed by atoms with Crippen LogP contribution in [0.15, 0.2) is 30.0 Å². The van der Waals surface area contributed by atoms with Crippen molar-refractivity contribution < 1.29 is 5.11 Å². The van der Waals surface area contributed by atoms with Gasteiger partial charge in [-0.3, -0.25) is 4.90 Å². The second kappa shape index (κ2) is 6.20. The van der Waals surface area contributed by atoms with Gasteiger partial charge in [0.25, 0.3) is 0 Å². The summed E-state index contributed by atoms with van der Waals surface area (Å²) < 4.78 is 0. The summed E-state index contributed by atoms with van der Waals surface area (Å²) in [4.78, 5) is 9.70. The lowest BCUT2D eigenvalue weighted by Crippen LogP contribution is -2.35. The van der Waals surface area contributed by atoms with Crippen LogP contribution in [0, 0.1) is 17.2 Å². The second-order valence-corrected chi connectivity index (χ2v) is 6.02. The number of nitrogens with zero attached hydrogens (tertiary/aromatic N) is 3. The van der Waals surface area contributed by atoms with Gasteiger partial charge < -0.3 is 10.1 Å². The van der Waals surface area contributed by atoms with Crippen molar-refractivity contribution in [2.45, 2.75) is 19.8 Å². The molecule has 3 rings (SSSR count). The van der Waals surface area contributed by atoms with Gasteiger partial charge in [0.1, 0.15) is 17.4 Å². The van der Waals surface area contributed by atoms with Crippen LogP contribution in [0.4, 0.5) is 0 Å². The lowest BCUT2D eigenvalue weighted by Gasteiger charge is -2.30. The highest BCUT2D eigenvalue weighted by Crippen LogP contribution is 2.21. The van der Waals surface area contributed by atoms with Crippen LogP contribution in [-0.2, 0) is 0 Å². The van der Waals surface area contributed by atoms with Crippen molar-refractivity contribution in [3.05, 3.63) is 35.8 Å². The number of H-pyrrole nitrogens is 1. The molecule has 1 unspecified atom stereocenters. The number of hydrogen-bond donors (Lipinski definition) is 2. The summed E-state index contributed by atoms with van der Waals surface area (Å²) in [5.41, 5.74) is 1.89. The number of benzene rings is 1. The van der Waals surface area contributed by atoms with Crippen LogP contribution in [0.25, 0.3) is 16.6 Å². The van der Waals surface area contributed by atoms with Gasteiger partial charge in [0.15, 0.2) is 5.82 Å². The Morgan fingerprint density at radius 1 is 1.50 bits per heavy atom. The molecule has 1 fully saturated rings. The Morgan fingerprint density at radius 3 is 3.05 bits per heavy atom. The molecule has 22 heavy (non-hydrogen) atoms. The van der Waals surface area contributed by atoms with E-state index in [1.165, 1.54) is 6.42 Å². The van der Waals surface area contributed by atoms with Gasteiger partial charge in [-0.1, -0.05) is 19.1 Å². The Bertz CT molecular complexity index is 707. The number of aliphatic hydroxyl groups excluding tert-OH is 1. The first-order chi connectivity index (χ1) is 10.7. The fourth-order valence-electron chi connectivity index (χ4n) is 3.05. The molecule has 0 spiro atoms.